The number of nitrogens with zero attached hydrogens (tertiary/aromatic N) is 2. The normalized spacial score (nSPS) is 19.4. The van der Waals surface area contributed by atoms with Crippen LogP contribution in [0, 0.1) is 0 Å². The predicted octanol–water partition coefficient (Wildman–Crippen LogP) is 5.21. The molecule has 2 heterocycles. The number of ether oxygens (including phenoxy) is 1. The van der Waals surface area contributed by atoms with Gasteiger partial charge in [0.25, 0.3) is 0 Å². The Bertz CT molecular complexity index is 1000. The van der Waals surface area contributed by atoms with Crippen LogP contribution in [0.4, 0.5) is 5.69 Å². The zero-order valence-corrected chi connectivity index (χ0v) is 17.5. The maximum atomic E-state index is 12.2. The Kier molecular flexibility index (Phi) is 5.43. The van der Waals surface area contributed by atoms with Crippen molar-refractivity contribution in [2.45, 2.75) is 32.9 Å². The molecule has 3 aromatic rings. The molecule has 150 valence electrons. The van der Waals surface area contributed by atoms with Gasteiger partial charge in [-0.3, -0.25) is 4.79 Å². The van der Waals surface area contributed by atoms with Crippen molar-refractivity contribution in [1.29, 1.82) is 0 Å². The van der Waals surface area contributed by atoms with Crippen LogP contribution in [0.25, 0.3) is 22.6 Å². The fourth-order valence-electron chi connectivity index (χ4n) is 3.89. The first-order valence-corrected chi connectivity index (χ1v) is 10.1. The molecule has 1 saturated heterocycles. The van der Waals surface area contributed by atoms with Gasteiger partial charge in [-0.2, -0.15) is 0 Å². The van der Waals surface area contributed by atoms with Gasteiger partial charge in [0.1, 0.15) is 11.5 Å². The number of imidazole rings is 1. The third kappa shape index (κ3) is 3.93. The summed E-state index contributed by atoms with van der Waals surface area (Å²) < 4.78 is 5.63. The molecule has 0 saturated carbocycles. The summed E-state index contributed by atoms with van der Waals surface area (Å²) in [6.45, 7) is 7.36. The van der Waals surface area contributed by atoms with Gasteiger partial charge in [-0.15, -0.1) is 0 Å². The molecule has 1 N–H and O–H groups in total. The lowest BCUT2D eigenvalue weighted by molar-refractivity contribution is 0.0757. The van der Waals surface area contributed by atoms with Crippen molar-refractivity contribution in [3.8, 4) is 22.6 Å². The molecule has 2 atom stereocenters. The number of Topliss-reactive ketones (excluding diaryl/α,β-unsaturated/α-hetero) is 1. The van der Waals surface area contributed by atoms with Crippen LogP contribution in [0.15, 0.2) is 48.5 Å². The summed E-state index contributed by atoms with van der Waals surface area (Å²) in [5.74, 6) is 0.621. The highest BCUT2D eigenvalue weighted by atomic mass is 35.5. The molecule has 5 nitrogen and oxygen atoms in total. The van der Waals surface area contributed by atoms with Gasteiger partial charge >= 0.3 is 0 Å². The van der Waals surface area contributed by atoms with Crippen LogP contribution in [0.5, 0.6) is 0 Å². The van der Waals surface area contributed by atoms with Crippen LogP contribution in [0.3, 0.4) is 0 Å². The number of carbonyl (C=O) groups is 1. The van der Waals surface area contributed by atoms with Gasteiger partial charge < -0.3 is 14.6 Å². The van der Waals surface area contributed by atoms with E-state index in [1.807, 2.05) is 24.3 Å². The molecule has 6 heteroatoms. The molecule has 2 aromatic carbocycles. The van der Waals surface area contributed by atoms with E-state index in [0.717, 1.165) is 30.0 Å². The molecular weight excluding hydrogens is 386 g/mol. The maximum Gasteiger partial charge on any atom is 0.178 e. The van der Waals surface area contributed by atoms with Crippen molar-refractivity contribution in [3.05, 3.63) is 59.2 Å². The number of aromatic nitrogens is 2. The molecule has 29 heavy (non-hydrogen) atoms. The molecule has 0 aliphatic carbocycles. The van der Waals surface area contributed by atoms with Crippen molar-refractivity contribution >= 4 is 23.1 Å². The van der Waals surface area contributed by atoms with E-state index in [-0.39, 0.29) is 5.78 Å². The van der Waals surface area contributed by atoms with E-state index in [9.17, 15) is 4.79 Å². The second-order valence-electron chi connectivity index (χ2n) is 7.56. The number of anilines is 1. The summed E-state index contributed by atoms with van der Waals surface area (Å²) in [6, 6.07) is 16.3. The Morgan fingerprint density at radius 2 is 1.62 bits per heavy atom. The molecule has 0 radical (unpaired) electrons. The molecule has 1 aliphatic rings. The molecule has 1 aliphatic heterocycles. The number of carbonyl (C=O) groups excluding carboxylic acids is 1. The van der Waals surface area contributed by atoms with Gasteiger partial charge in [0, 0.05) is 40.8 Å². The van der Waals surface area contributed by atoms with Crippen LogP contribution in [0.1, 0.15) is 31.3 Å². The Balaban J connectivity index is 1.67. The second-order valence-corrected chi connectivity index (χ2v) is 8.00. The van der Waals surface area contributed by atoms with Gasteiger partial charge in [-0.05, 0) is 50.2 Å². The first-order valence-electron chi connectivity index (χ1n) is 9.77. The van der Waals surface area contributed by atoms with Crippen LogP contribution in [-0.4, -0.2) is 41.0 Å². The monoisotopic (exact) mass is 409 g/mol. The van der Waals surface area contributed by atoms with Crippen LogP contribution >= 0.6 is 11.6 Å². The van der Waals surface area contributed by atoms with E-state index in [4.69, 9.17) is 21.3 Å². The minimum Gasteiger partial charge on any atom is -0.377 e. The molecule has 1 fully saturated rings. The summed E-state index contributed by atoms with van der Waals surface area (Å²) in [4.78, 5) is 22.5. The Morgan fingerprint density at radius 1 is 1.03 bits per heavy atom. The zero-order chi connectivity index (χ0) is 20.5. The molecule has 0 bridgehead atoms. The van der Waals surface area contributed by atoms with E-state index in [0.29, 0.717) is 34.3 Å². The van der Waals surface area contributed by atoms with E-state index >= 15 is 0 Å². The fourth-order valence-corrected chi connectivity index (χ4v) is 4.01. The molecule has 1 aromatic heterocycles. The van der Waals surface area contributed by atoms with E-state index < -0.39 is 0 Å². The number of nitrogens with one attached hydrogen (secondary N) is 1. The summed E-state index contributed by atoms with van der Waals surface area (Å²) in [6.07, 6.45) is 0. The minimum atomic E-state index is -0.0544. The average Bonchev–Trinajstić information content (AvgIpc) is 3.15. The zero-order valence-electron chi connectivity index (χ0n) is 16.8. The largest absolute Gasteiger partial charge is 0.377 e. The number of morpholine rings is 1. The summed E-state index contributed by atoms with van der Waals surface area (Å²) >= 11 is 5.99. The summed E-state index contributed by atoms with van der Waals surface area (Å²) in [7, 11) is 0. The van der Waals surface area contributed by atoms with Gasteiger partial charge in [0.05, 0.1) is 18.9 Å². The Hall–Kier alpha value is -2.63. The highest BCUT2D eigenvalue weighted by Gasteiger charge is 2.25. The van der Waals surface area contributed by atoms with Gasteiger partial charge in [-0.25, -0.2) is 4.98 Å². The summed E-state index contributed by atoms with van der Waals surface area (Å²) in [5.41, 5.74) is 4.10. The fraction of sp³-hybridized carbons (Fsp3) is 0.304. The quantitative estimate of drug-likeness (QED) is 0.600. The third-order valence-corrected chi connectivity index (χ3v) is 5.53. The van der Waals surface area contributed by atoms with E-state index in [2.05, 4.69) is 35.9 Å². The second kappa shape index (κ2) is 8.01. The van der Waals surface area contributed by atoms with Gasteiger partial charge in [0.2, 0.25) is 0 Å². The van der Waals surface area contributed by atoms with Crippen molar-refractivity contribution in [1.82, 2.24) is 9.97 Å². The van der Waals surface area contributed by atoms with E-state index in [1.54, 1.807) is 19.1 Å². The number of rotatable bonds is 4. The minimum absolute atomic E-state index is 0.0544. The molecule has 4 rings (SSSR count). The molecule has 0 spiro atoms. The topological polar surface area (TPSA) is 58.2 Å². The SMILES string of the molecule is CC(=O)c1[nH]c(-c2ccc(N3C(C)COCC3C)cc2)nc1-c1ccc(Cl)cc1. The number of hydrogen-bond donors (Lipinski definition) is 1. The van der Waals surface area contributed by atoms with Crippen molar-refractivity contribution < 1.29 is 9.53 Å². The van der Waals surface area contributed by atoms with Crippen molar-refractivity contribution in [2.24, 2.45) is 0 Å². The highest BCUT2D eigenvalue weighted by Crippen LogP contribution is 2.30. The third-order valence-electron chi connectivity index (χ3n) is 5.28. The number of ketones is 1. The first kappa shape index (κ1) is 19.7. The molecular formula is C23H24ClN3O2. The molecule has 0 amide bonds. The number of aromatic amines is 1. The number of H-pyrrole nitrogens is 1. The molecule has 2 unspecified atom stereocenters. The standard InChI is InChI=1S/C23H24ClN3O2/c1-14-12-29-13-15(2)27(14)20-10-6-18(7-11-20)23-25-21(16(3)28)22(26-23)17-4-8-19(24)9-5-17/h4-11,14-15H,12-13H2,1-3H3,(H,25,26). The lowest BCUT2D eigenvalue weighted by Crippen LogP contribution is -2.49. The maximum absolute atomic E-state index is 12.2. The Morgan fingerprint density at radius 3 is 2.21 bits per heavy atom. The van der Waals surface area contributed by atoms with Crippen molar-refractivity contribution in [2.75, 3.05) is 18.1 Å². The van der Waals surface area contributed by atoms with Crippen LogP contribution in [-0.2, 0) is 4.74 Å². The average molecular weight is 410 g/mol. The summed E-state index contributed by atoms with van der Waals surface area (Å²) in [5, 5.41) is 0.649. The van der Waals surface area contributed by atoms with Gasteiger partial charge in [0.15, 0.2) is 5.78 Å². The Labute approximate surface area is 175 Å². The number of benzene rings is 2. The van der Waals surface area contributed by atoms with Gasteiger partial charge in [-0.1, -0.05) is 23.7 Å². The highest BCUT2D eigenvalue weighted by molar-refractivity contribution is 6.30. The lowest BCUT2D eigenvalue weighted by Gasteiger charge is -2.40. The number of hydrogen-bond acceptors (Lipinski definition) is 4. The number of halogens is 1. The smallest absolute Gasteiger partial charge is 0.178 e. The first-order chi connectivity index (χ1) is 13.9. The lowest BCUT2D eigenvalue weighted by atomic mass is 10.1. The van der Waals surface area contributed by atoms with Crippen LogP contribution < -0.4 is 4.90 Å². The van der Waals surface area contributed by atoms with E-state index in [1.165, 1.54) is 0 Å². The predicted molar refractivity (Wildman–Crippen MR) is 117 cm³/mol. The van der Waals surface area contributed by atoms with Crippen molar-refractivity contribution in [3.63, 3.8) is 0 Å². The van der Waals surface area contributed by atoms with Crippen LogP contribution in [0.2, 0.25) is 5.02 Å².